The van der Waals surface area contributed by atoms with E-state index in [4.69, 9.17) is 15.2 Å². The molecule has 1 aromatic rings. The zero-order valence-corrected chi connectivity index (χ0v) is 13.2. The number of hydrogen-bond acceptors (Lipinski definition) is 5. The minimum Gasteiger partial charge on any atom is -0.491 e. The van der Waals surface area contributed by atoms with E-state index in [1.165, 1.54) is 0 Å². The van der Waals surface area contributed by atoms with Crippen molar-refractivity contribution in [1.82, 2.24) is 5.32 Å². The summed E-state index contributed by atoms with van der Waals surface area (Å²) in [5.74, 6) is 0.634. The quantitative estimate of drug-likeness (QED) is 0.557. The zero-order chi connectivity index (χ0) is 15.8. The van der Waals surface area contributed by atoms with Gasteiger partial charge in [-0.2, -0.15) is 0 Å². The first-order valence-electron chi connectivity index (χ1n) is 6.96. The van der Waals surface area contributed by atoms with Gasteiger partial charge >= 0.3 is 0 Å². The molecule has 6 nitrogen and oxygen atoms in total. The molecule has 1 rings (SSSR count). The number of anilines is 2. The fourth-order valence-corrected chi connectivity index (χ4v) is 1.82. The molecular weight excluding hydrogens is 270 g/mol. The maximum Gasteiger partial charge on any atom is 0.239 e. The summed E-state index contributed by atoms with van der Waals surface area (Å²) in [5.41, 5.74) is 7.32. The van der Waals surface area contributed by atoms with E-state index in [-0.39, 0.29) is 18.6 Å². The van der Waals surface area contributed by atoms with E-state index >= 15 is 0 Å². The molecule has 0 saturated heterocycles. The van der Waals surface area contributed by atoms with Crippen molar-refractivity contribution in [3.8, 4) is 5.75 Å². The molecule has 6 heteroatoms. The van der Waals surface area contributed by atoms with Crippen LogP contribution in [0.15, 0.2) is 18.2 Å². The van der Waals surface area contributed by atoms with E-state index in [0.717, 1.165) is 5.69 Å². The predicted octanol–water partition coefficient (Wildman–Crippen LogP) is 1.25. The average Bonchev–Trinajstić information content (AvgIpc) is 2.37. The molecule has 0 saturated carbocycles. The molecule has 0 radical (unpaired) electrons. The molecule has 0 aliphatic heterocycles. The monoisotopic (exact) mass is 295 g/mol. The number of nitrogen functional groups attached to an aromatic ring is 1. The minimum atomic E-state index is -0.0664. The number of hydrogen-bond donors (Lipinski definition) is 2. The molecule has 0 aliphatic carbocycles. The molecule has 3 N–H and O–H groups in total. The normalized spacial score (nSPS) is 10.5. The molecule has 0 aliphatic rings. The van der Waals surface area contributed by atoms with Gasteiger partial charge in [-0.05, 0) is 19.9 Å². The third kappa shape index (κ3) is 6.35. The Kier molecular flexibility index (Phi) is 6.81. The summed E-state index contributed by atoms with van der Waals surface area (Å²) in [5, 5.41) is 2.78. The van der Waals surface area contributed by atoms with E-state index in [0.29, 0.717) is 24.6 Å². The number of amides is 1. The van der Waals surface area contributed by atoms with E-state index in [1.807, 2.05) is 37.9 Å². The van der Waals surface area contributed by atoms with Gasteiger partial charge in [0.25, 0.3) is 0 Å². The molecule has 0 fully saturated rings. The van der Waals surface area contributed by atoms with Crippen LogP contribution >= 0.6 is 0 Å². The second-order valence-corrected chi connectivity index (χ2v) is 5.13. The number of rotatable bonds is 8. The largest absolute Gasteiger partial charge is 0.491 e. The van der Waals surface area contributed by atoms with Gasteiger partial charge in [0.05, 0.1) is 19.3 Å². The highest BCUT2D eigenvalue weighted by Gasteiger charge is 2.10. The Hall–Kier alpha value is -1.95. The molecular formula is C15H25N3O3. The van der Waals surface area contributed by atoms with Gasteiger partial charge in [-0.25, -0.2) is 0 Å². The second-order valence-electron chi connectivity index (χ2n) is 5.13. The number of carbonyl (C=O) groups excluding carboxylic acids is 1. The van der Waals surface area contributed by atoms with Gasteiger partial charge in [0.15, 0.2) is 0 Å². The number of ether oxygens (including phenoxy) is 2. The standard InChI is InChI=1S/C15H25N3O3/c1-11(2)21-14-8-12(16)7-13(9-14)18(3)10-15(19)17-5-6-20-4/h7-9,11H,5-6,10,16H2,1-4H3,(H,17,19). The van der Waals surface area contributed by atoms with Gasteiger partial charge in [0.2, 0.25) is 5.91 Å². The van der Waals surface area contributed by atoms with Crippen molar-refractivity contribution in [2.24, 2.45) is 0 Å². The third-order valence-electron chi connectivity index (χ3n) is 2.74. The Balaban J connectivity index is 2.66. The number of carbonyl (C=O) groups is 1. The first-order valence-corrected chi connectivity index (χ1v) is 6.96. The van der Waals surface area contributed by atoms with Crippen LogP contribution in [0.5, 0.6) is 5.75 Å². The van der Waals surface area contributed by atoms with Crippen molar-refractivity contribution in [3.63, 3.8) is 0 Å². The Labute approximate surface area is 126 Å². The van der Waals surface area contributed by atoms with E-state index in [1.54, 1.807) is 13.2 Å². The first kappa shape index (κ1) is 17.1. The van der Waals surface area contributed by atoms with Crippen LogP contribution in [-0.2, 0) is 9.53 Å². The number of benzene rings is 1. The second kappa shape index (κ2) is 8.36. The van der Waals surface area contributed by atoms with Gasteiger partial charge < -0.3 is 25.4 Å². The number of nitrogens with one attached hydrogen (secondary N) is 1. The summed E-state index contributed by atoms with van der Waals surface area (Å²) in [6.07, 6.45) is 0.0716. The lowest BCUT2D eigenvalue weighted by molar-refractivity contribution is -0.119. The third-order valence-corrected chi connectivity index (χ3v) is 2.74. The Morgan fingerprint density at radius 3 is 2.71 bits per heavy atom. The van der Waals surface area contributed by atoms with Crippen molar-refractivity contribution in [3.05, 3.63) is 18.2 Å². The summed E-state index contributed by atoms with van der Waals surface area (Å²) >= 11 is 0. The molecule has 0 spiro atoms. The van der Waals surface area contributed by atoms with Gasteiger partial charge in [0, 0.05) is 44.2 Å². The first-order chi connectivity index (χ1) is 9.92. The summed E-state index contributed by atoms with van der Waals surface area (Å²) < 4.78 is 10.5. The van der Waals surface area contributed by atoms with Crippen LogP contribution in [0, 0.1) is 0 Å². The topological polar surface area (TPSA) is 76.8 Å². The maximum atomic E-state index is 11.8. The van der Waals surface area contributed by atoms with Gasteiger partial charge in [-0.3, -0.25) is 4.79 Å². The molecule has 21 heavy (non-hydrogen) atoms. The van der Waals surface area contributed by atoms with Crippen molar-refractivity contribution in [2.45, 2.75) is 20.0 Å². The molecule has 118 valence electrons. The SMILES string of the molecule is COCCNC(=O)CN(C)c1cc(N)cc(OC(C)C)c1. The molecule has 1 amide bonds. The summed E-state index contributed by atoms with van der Waals surface area (Å²) in [6, 6.07) is 5.46. The predicted molar refractivity (Wildman–Crippen MR) is 84.8 cm³/mol. The highest BCUT2D eigenvalue weighted by molar-refractivity contribution is 5.81. The van der Waals surface area contributed by atoms with Crippen LogP contribution in [0.2, 0.25) is 0 Å². The molecule has 1 aromatic carbocycles. The minimum absolute atomic E-state index is 0.0664. The van der Waals surface area contributed by atoms with Crippen LogP contribution in [0.3, 0.4) is 0 Å². The van der Waals surface area contributed by atoms with E-state index in [9.17, 15) is 4.79 Å². The summed E-state index contributed by atoms with van der Waals surface area (Å²) in [7, 11) is 3.44. The fourth-order valence-electron chi connectivity index (χ4n) is 1.82. The van der Waals surface area contributed by atoms with Crippen LogP contribution in [0.1, 0.15) is 13.8 Å². The lowest BCUT2D eigenvalue weighted by Gasteiger charge is -2.21. The summed E-state index contributed by atoms with van der Waals surface area (Å²) in [4.78, 5) is 13.6. The molecule has 0 atom stereocenters. The zero-order valence-electron chi connectivity index (χ0n) is 13.2. The summed E-state index contributed by atoms with van der Waals surface area (Å²) in [6.45, 7) is 5.15. The van der Waals surface area contributed by atoms with Crippen molar-refractivity contribution in [2.75, 3.05) is 44.5 Å². The highest BCUT2D eigenvalue weighted by Crippen LogP contribution is 2.25. The molecule has 0 unspecified atom stereocenters. The van der Waals surface area contributed by atoms with Crippen LogP contribution in [-0.4, -0.2) is 45.9 Å². The number of likely N-dealkylation sites (N-methyl/N-ethyl adjacent to an activating group) is 1. The fraction of sp³-hybridized carbons (Fsp3) is 0.533. The van der Waals surface area contributed by atoms with Crippen LogP contribution in [0.25, 0.3) is 0 Å². The molecule has 0 bridgehead atoms. The number of nitrogens with zero attached hydrogens (tertiary/aromatic N) is 1. The molecule has 0 heterocycles. The van der Waals surface area contributed by atoms with Crippen LogP contribution < -0.4 is 20.7 Å². The smallest absolute Gasteiger partial charge is 0.239 e. The lowest BCUT2D eigenvalue weighted by Crippen LogP contribution is -2.36. The van der Waals surface area contributed by atoms with Crippen molar-refractivity contribution in [1.29, 1.82) is 0 Å². The van der Waals surface area contributed by atoms with E-state index < -0.39 is 0 Å². The van der Waals surface area contributed by atoms with Gasteiger partial charge in [0.1, 0.15) is 5.75 Å². The average molecular weight is 295 g/mol. The van der Waals surface area contributed by atoms with Gasteiger partial charge in [-0.15, -0.1) is 0 Å². The van der Waals surface area contributed by atoms with Crippen LogP contribution in [0.4, 0.5) is 11.4 Å². The van der Waals surface area contributed by atoms with Gasteiger partial charge in [-0.1, -0.05) is 0 Å². The van der Waals surface area contributed by atoms with Crippen molar-refractivity contribution >= 4 is 17.3 Å². The highest BCUT2D eigenvalue weighted by atomic mass is 16.5. The maximum absolute atomic E-state index is 11.8. The molecule has 0 aromatic heterocycles. The lowest BCUT2D eigenvalue weighted by atomic mass is 10.2. The van der Waals surface area contributed by atoms with Crippen molar-refractivity contribution < 1.29 is 14.3 Å². The Morgan fingerprint density at radius 2 is 2.10 bits per heavy atom. The number of methoxy groups -OCH3 is 1. The Bertz CT molecular complexity index is 463. The Morgan fingerprint density at radius 1 is 1.38 bits per heavy atom. The number of nitrogens with two attached hydrogens (primary N) is 1. The van der Waals surface area contributed by atoms with E-state index in [2.05, 4.69) is 5.32 Å².